The first-order valence-electron chi connectivity index (χ1n) is 9.57. The predicted molar refractivity (Wildman–Crippen MR) is 96.7 cm³/mol. The van der Waals surface area contributed by atoms with E-state index < -0.39 is 11.5 Å². The van der Waals surface area contributed by atoms with Crippen LogP contribution in [0.5, 0.6) is 0 Å². The summed E-state index contributed by atoms with van der Waals surface area (Å²) < 4.78 is 5.08. The minimum absolute atomic E-state index is 0.00335. The van der Waals surface area contributed by atoms with Gasteiger partial charge in [-0.25, -0.2) is 4.79 Å². The third-order valence-electron chi connectivity index (χ3n) is 7.57. The van der Waals surface area contributed by atoms with Gasteiger partial charge in [0.05, 0.1) is 12.7 Å². The number of fused-ring (bicyclic) bond motifs is 1. The molecule has 0 aromatic rings. The van der Waals surface area contributed by atoms with Gasteiger partial charge in [0.2, 0.25) is 0 Å². The molecule has 25 heavy (non-hydrogen) atoms. The van der Waals surface area contributed by atoms with Gasteiger partial charge in [0, 0.05) is 11.0 Å². The van der Waals surface area contributed by atoms with Crippen molar-refractivity contribution < 1.29 is 19.7 Å². The maximum atomic E-state index is 11.9. The van der Waals surface area contributed by atoms with Crippen LogP contribution in [0, 0.1) is 28.6 Å². The molecular formula is C21H32O4. The van der Waals surface area contributed by atoms with E-state index in [2.05, 4.69) is 20.4 Å². The second kappa shape index (κ2) is 6.55. The van der Waals surface area contributed by atoms with Crippen molar-refractivity contribution in [3.8, 4) is 0 Å². The maximum absolute atomic E-state index is 11.9. The van der Waals surface area contributed by atoms with Gasteiger partial charge < -0.3 is 14.9 Å². The predicted octanol–water partition coefficient (Wildman–Crippen LogP) is 3.24. The van der Waals surface area contributed by atoms with Crippen molar-refractivity contribution in [3.63, 3.8) is 0 Å². The van der Waals surface area contributed by atoms with Crippen molar-refractivity contribution in [1.82, 2.24) is 0 Å². The fourth-order valence-corrected chi connectivity index (χ4v) is 5.89. The number of esters is 1. The molecule has 3 rings (SSSR count). The third-order valence-corrected chi connectivity index (χ3v) is 7.57. The average Bonchev–Trinajstić information content (AvgIpc) is 3.01. The quantitative estimate of drug-likeness (QED) is 0.605. The summed E-state index contributed by atoms with van der Waals surface area (Å²) in [6.07, 6.45) is 5.89. The number of carbonyl (C=O) groups excluding carboxylic acids is 1. The Kier molecular flexibility index (Phi) is 4.89. The van der Waals surface area contributed by atoms with E-state index in [-0.39, 0.29) is 29.8 Å². The molecule has 6 atom stereocenters. The van der Waals surface area contributed by atoms with E-state index in [9.17, 15) is 15.0 Å². The molecule has 2 N–H and O–H groups in total. The van der Waals surface area contributed by atoms with Gasteiger partial charge in [-0.3, -0.25) is 0 Å². The number of carbonyl (C=O) groups is 1. The van der Waals surface area contributed by atoms with Crippen LogP contribution in [0.2, 0.25) is 0 Å². The first-order valence-corrected chi connectivity index (χ1v) is 9.57. The van der Waals surface area contributed by atoms with Crippen molar-refractivity contribution in [3.05, 3.63) is 23.8 Å². The van der Waals surface area contributed by atoms with Crippen LogP contribution in [0.1, 0.15) is 52.9 Å². The standard InChI is InChI=1S/C21H32O4/c1-13-5-6-17-20(3,9-7-18(23)21(17,4)12-22)16(13)11-14(2)15-8-10-25-19(15)24/h8,14,16-18,22-23H,1,5-7,9-12H2,2-4H3/t14?,16-,17?,18?,20+,21-/m0/s1. The zero-order valence-electron chi connectivity index (χ0n) is 15.8. The van der Waals surface area contributed by atoms with Gasteiger partial charge in [-0.1, -0.05) is 32.9 Å². The summed E-state index contributed by atoms with van der Waals surface area (Å²) in [7, 11) is 0. The molecule has 0 spiro atoms. The smallest absolute Gasteiger partial charge is 0.334 e. The SMILES string of the molecule is C=C1CCC2[C@](C)(CO)C(O)CC[C@]2(C)[C@H]1CC(C)C1=CCOC1=O. The summed E-state index contributed by atoms with van der Waals surface area (Å²) >= 11 is 0. The van der Waals surface area contributed by atoms with Crippen molar-refractivity contribution >= 4 is 5.97 Å². The van der Waals surface area contributed by atoms with Crippen molar-refractivity contribution in [2.45, 2.75) is 59.0 Å². The Balaban J connectivity index is 1.88. The Morgan fingerprint density at radius 3 is 2.72 bits per heavy atom. The second-order valence-corrected chi connectivity index (χ2v) is 8.92. The molecule has 0 bridgehead atoms. The second-order valence-electron chi connectivity index (χ2n) is 8.92. The van der Waals surface area contributed by atoms with Gasteiger partial charge >= 0.3 is 5.97 Å². The Bertz CT molecular complexity index is 595. The summed E-state index contributed by atoms with van der Waals surface area (Å²) in [5.41, 5.74) is 1.60. The van der Waals surface area contributed by atoms with Crippen LogP contribution in [0.3, 0.4) is 0 Å². The Morgan fingerprint density at radius 2 is 2.12 bits per heavy atom. The number of cyclic esters (lactones) is 1. The molecule has 1 aliphatic heterocycles. The van der Waals surface area contributed by atoms with Crippen LogP contribution in [-0.4, -0.2) is 35.5 Å². The minimum Gasteiger partial charge on any atom is -0.458 e. The topological polar surface area (TPSA) is 66.8 Å². The minimum atomic E-state index is -0.458. The van der Waals surface area contributed by atoms with Crippen molar-refractivity contribution in [2.75, 3.05) is 13.2 Å². The van der Waals surface area contributed by atoms with E-state index in [4.69, 9.17) is 4.74 Å². The Labute approximate surface area is 151 Å². The number of rotatable bonds is 4. The highest BCUT2D eigenvalue weighted by molar-refractivity contribution is 5.90. The fourth-order valence-electron chi connectivity index (χ4n) is 5.89. The molecule has 2 fully saturated rings. The van der Waals surface area contributed by atoms with E-state index in [1.54, 1.807) is 0 Å². The number of aliphatic hydroxyl groups excluding tert-OH is 2. The van der Waals surface area contributed by atoms with E-state index >= 15 is 0 Å². The zero-order chi connectivity index (χ0) is 18.4. The van der Waals surface area contributed by atoms with Crippen LogP contribution in [0.25, 0.3) is 0 Å². The highest BCUT2D eigenvalue weighted by Gasteiger charge is 2.57. The van der Waals surface area contributed by atoms with Gasteiger partial charge in [-0.2, -0.15) is 0 Å². The molecule has 0 saturated heterocycles. The van der Waals surface area contributed by atoms with Gasteiger partial charge in [-0.15, -0.1) is 0 Å². The van der Waals surface area contributed by atoms with Gasteiger partial charge in [0.1, 0.15) is 6.61 Å². The number of ether oxygens (including phenoxy) is 1. The maximum Gasteiger partial charge on any atom is 0.334 e. The molecule has 3 aliphatic rings. The molecule has 0 radical (unpaired) electrons. The Hall–Kier alpha value is -1.13. The summed E-state index contributed by atoms with van der Waals surface area (Å²) in [6.45, 7) is 11.2. The van der Waals surface area contributed by atoms with Crippen LogP contribution in [0.15, 0.2) is 23.8 Å². The molecule has 4 heteroatoms. The van der Waals surface area contributed by atoms with Crippen LogP contribution in [-0.2, 0) is 9.53 Å². The number of hydrogen-bond donors (Lipinski definition) is 2. The average molecular weight is 348 g/mol. The van der Waals surface area contributed by atoms with E-state index in [0.29, 0.717) is 18.9 Å². The summed E-state index contributed by atoms with van der Waals surface area (Å²) in [6, 6.07) is 0. The summed E-state index contributed by atoms with van der Waals surface area (Å²) in [5, 5.41) is 20.6. The summed E-state index contributed by atoms with van der Waals surface area (Å²) in [5.74, 6) is 0.518. The number of allylic oxidation sites excluding steroid dienone is 1. The molecule has 2 saturated carbocycles. The number of hydrogen-bond acceptors (Lipinski definition) is 4. The molecule has 2 aliphatic carbocycles. The molecule has 1 heterocycles. The lowest BCUT2D eigenvalue weighted by atomic mass is 9.45. The van der Waals surface area contributed by atoms with Crippen LogP contribution in [0.4, 0.5) is 0 Å². The normalized spacial score (nSPS) is 42.6. The lowest BCUT2D eigenvalue weighted by Crippen LogP contribution is -2.57. The first-order chi connectivity index (χ1) is 11.7. The molecule has 0 aromatic heterocycles. The molecule has 0 amide bonds. The van der Waals surface area contributed by atoms with Gasteiger partial charge in [0.15, 0.2) is 0 Å². The first kappa shape index (κ1) is 18.7. The molecule has 0 aromatic carbocycles. The highest BCUT2D eigenvalue weighted by atomic mass is 16.5. The van der Waals surface area contributed by atoms with Crippen molar-refractivity contribution in [1.29, 1.82) is 0 Å². The molecule has 4 nitrogen and oxygen atoms in total. The largest absolute Gasteiger partial charge is 0.458 e. The lowest BCUT2D eigenvalue weighted by Gasteiger charge is -2.60. The molecule has 3 unspecified atom stereocenters. The van der Waals surface area contributed by atoms with Crippen LogP contribution < -0.4 is 0 Å². The molecule has 140 valence electrons. The van der Waals surface area contributed by atoms with E-state index in [1.807, 2.05) is 13.0 Å². The highest BCUT2D eigenvalue weighted by Crippen LogP contribution is 2.62. The fraction of sp³-hybridized carbons (Fsp3) is 0.762. The van der Waals surface area contributed by atoms with Crippen molar-refractivity contribution in [2.24, 2.45) is 28.6 Å². The van der Waals surface area contributed by atoms with E-state index in [1.165, 1.54) is 5.57 Å². The number of aliphatic hydroxyl groups is 2. The van der Waals surface area contributed by atoms with Gasteiger partial charge in [-0.05, 0) is 61.3 Å². The zero-order valence-corrected chi connectivity index (χ0v) is 15.8. The molecular weight excluding hydrogens is 316 g/mol. The van der Waals surface area contributed by atoms with E-state index in [0.717, 1.165) is 31.3 Å². The Morgan fingerprint density at radius 1 is 1.40 bits per heavy atom. The lowest BCUT2D eigenvalue weighted by molar-refractivity contribution is -0.153. The third kappa shape index (κ3) is 2.87. The summed E-state index contributed by atoms with van der Waals surface area (Å²) in [4.78, 5) is 11.9. The van der Waals surface area contributed by atoms with Gasteiger partial charge in [0.25, 0.3) is 0 Å². The monoisotopic (exact) mass is 348 g/mol. The van der Waals surface area contributed by atoms with Crippen LogP contribution >= 0.6 is 0 Å².